The lowest BCUT2D eigenvalue weighted by molar-refractivity contribution is -0.0629. The van der Waals surface area contributed by atoms with Gasteiger partial charge in [0.05, 0.1) is 0 Å². The molecule has 8 heavy (non-hydrogen) atoms. The van der Waals surface area contributed by atoms with Crippen molar-refractivity contribution in [3.05, 3.63) is 0 Å². The Hall–Kier alpha value is -0.120. The number of nitrogens with one attached hydrogen (secondary N) is 1. The van der Waals surface area contributed by atoms with Crippen LogP contribution < -0.4 is 5.32 Å². The number of hydroxylamine groups is 2. The average molecular weight is 118 g/mol. The van der Waals surface area contributed by atoms with E-state index in [4.69, 9.17) is 5.21 Å². The van der Waals surface area contributed by atoms with E-state index in [0.717, 1.165) is 13.1 Å². The second kappa shape index (κ2) is 5.03. The van der Waals surface area contributed by atoms with Gasteiger partial charge in [0.15, 0.2) is 0 Å². The Kier molecular flexibility index (Phi) is 4.95. The van der Waals surface area contributed by atoms with Crippen LogP contribution in [-0.2, 0) is 0 Å². The number of hydrogen-bond acceptors (Lipinski definition) is 3. The Bertz CT molecular complexity index is 47.7. The van der Waals surface area contributed by atoms with Gasteiger partial charge in [-0.15, -0.1) is 0 Å². The van der Waals surface area contributed by atoms with Crippen LogP contribution in [0.25, 0.3) is 0 Å². The molecular weight excluding hydrogens is 104 g/mol. The lowest BCUT2D eigenvalue weighted by Gasteiger charge is -2.06. The minimum atomic E-state index is 0.688. The molecule has 0 bridgehead atoms. The molecule has 0 aromatic rings. The van der Waals surface area contributed by atoms with Gasteiger partial charge in [-0.25, -0.2) is 0 Å². The third-order valence-electron chi connectivity index (χ3n) is 0.862. The Morgan fingerprint density at radius 2 is 2.25 bits per heavy atom. The first-order chi connectivity index (χ1) is 3.77. The third kappa shape index (κ3) is 5.88. The summed E-state index contributed by atoms with van der Waals surface area (Å²) >= 11 is 0. The maximum Gasteiger partial charge on any atom is 0.0360 e. The summed E-state index contributed by atoms with van der Waals surface area (Å²) < 4.78 is 0. The highest BCUT2D eigenvalue weighted by Crippen LogP contribution is 1.67. The van der Waals surface area contributed by atoms with Crippen LogP contribution in [0.5, 0.6) is 0 Å². The molecule has 0 heterocycles. The molecule has 0 saturated carbocycles. The molecule has 0 aromatic carbocycles. The van der Waals surface area contributed by atoms with E-state index in [9.17, 15) is 0 Å². The Morgan fingerprint density at radius 3 is 2.62 bits per heavy atom. The van der Waals surface area contributed by atoms with Crippen LogP contribution in [0, 0.1) is 0 Å². The van der Waals surface area contributed by atoms with E-state index in [0.29, 0.717) is 6.54 Å². The van der Waals surface area contributed by atoms with Crippen molar-refractivity contribution in [3.8, 4) is 0 Å². The molecule has 0 fully saturated rings. The van der Waals surface area contributed by atoms with E-state index in [-0.39, 0.29) is 0 Å². The summed E-state index contributed by atoms with van der Waals surface area (Å²) in [5.74, 6) is 0. The highest BCUT2D eigenvalue weighted by molar-refractivity contribution is 4.42. The van der Waals surface area contributed by atoms with E-state index >= 15 is 0 Å². The van der Waals surface area contributed by atoms with Crippen molar-refractivity contribution in [1.82, 2.24) is 10.4 Å². The van der Waals surface area contributed by atoms with Crippen LogP contribution in [-0.4, -0.2) is 37.0 Å². The lowest BCUT2D eigenvalue weighted by Crippen LogP contribution is -2.26. The lowest BCUT2D eigenvalue weighted by atomic mass is 10.6. The fraction of sp³-hybridized carbons (Fsp3) is 1.00. The van der Waals surface area contributed by atoms with Gasteiger partial charge >= 0.3 is 0 Å². The van der Waals surface area contributed by atoms with Crippen LogP contribution in [0.2, 0.25) is 0 Å². The molecule has 0 rings (SSSR count). The maximum absolute atomic E-state index is 8.57. The highest BCUT2D eigenvalue weighted by Gasteiger charge is 1.86. The van der Waals surface area contributed by atoms with Crippen molar-refractivity contribution in [2.75, 3.05) is 26.7 Å². The second-order valence-corrected chi connectivity index (χ2v) is 1.73. The van der Waals surface area contributed by atoms with Gasteiger partial charge in [0.25, 0.3) is 0 Å². The van der Waals surface area contributed by atoms with Crippen LogP contribution in [0.15, 0.2) is 0 Å². The van der Waals surface area contributed by atoms with Gasteiger partial charge in [-0.1, -0.05) is 6.92 Å². The molecular formula is C5H14N2O. The minimum absolute atomic E-state index is 0.688. The summed E-state index contributed by atoms with van der Waals surface area (Å²) in [7, 11) is 1.64. The molecule has 0 aliphatic rings. The van der Waals surface area contributed by atoms with Crippen LogP contribution in [0.4, 0.5) is 0 Å². The SMILES string of the molecule is CCNCCN(C)O. The molecule has 0 amide bonds. The van der Waals surface area contributed by atoms with Gasteiger partial charge in [-0.2, -0.15) is 5.06 Å². The van der Waals surface area contributed by atoms with Gasteiger partial charge in [-0.3, -0.25) is 0 Å². The minimum Gasteiger partial charge on any atom is -0.316 e. The topological polar surface area (TPSA) is 35.5 Å². The van der Waals surface area contributed by atoms with Crippen molar-refractivity contribution in [3.63, 3.8) is 0 Å². The standard InChI is InChI=1S/C5H14N2O/c1-3-6-4-5-7(2)8/h6,8H,3-5H2,1-2H3. The molecule has 3 heteroatoms. The summed E-state index contributed by atoms with van der Waals surface area (Å²) in [5, 5.41) is 12.8. The van der Waals surface area contributed by atoms with Gasteiger partial charge in [0, 0.05) is 20.1 Å². The molecule has 3 nitrogen and oxygen atoms in total. The van der Waals surface area contributed by atoms with Crippen molar-refractivity contribution in [1.29, 1.82) is 0 Å². The average Bonchev–Trinajstić information content (AvgIpc) is 1.66. The second-order valence-electron chi connectivity index (χ2n) is 1.73. The first-order valence-electron chi connectivity index (χ1n) is 2.88. The van der Waals surface area contributed by atoms with Crippen molar-refractivity contribution in [2.45, 2.75) is 6.92 Å². The van der Waals surface area contributed by atoms with E-state index in [2.05, 4.69) is 5.32 Å². The smallest absolute Gasteiger partial charge is 0.0360 e. The third-order valence-corrected chi connectivity index (χ3v) is 0.862. The van der Waals surface area contributed by atoms with Gasteiger partial charge in [-0.05, 0) is 6.54 Å². The fourth-order valence-corrected chi connectivity index (χ4v) is 0.418. The first-order valence-corrected chi connectivity index (χ1v) is 2.88. The zero-order valence-corrected chi connectivity index (χ0v) is 5.52. The summed E-state index contributed by atoms with van der Waals surface area (Å²) in [4.78, 5) is 0. The van der Waals surface area contributed by atoms with Crippen molar-refractivity contribution in [2.24, 2.45) is 0 Å². The summed E-state index contributed by atoms with van der Waals surface area (Å²) in [6.07, 6.45) is 0. The molecule has 0 unspecified atom stereocenters. The van der Waals surface area contributed by atoms with Crippen molar-refractivity contribution >= 4 is 0 Å². The van der Waals surface area contributed by atoms with Crippen LogP contribution >= 0.6 is 0 Å². The van der Waals surface area contributed by atoms with E-state index in [1.807, 2.05) is 6.92 Å². The summed E-state index contributed by atoms with van der Waals surface area (Å²) in [6, 6.07) is 0. The Morgan fingerprint density at radius 1 is 1.62 bits per heavy atom. The monoisotopic (exact) mass is 118 g/mol. The largest absolute Gasteiger partial charge is 0.316 e. The molecule has 0 spiro atoms. The normalized spacial score (nSPS) is 10.5. The predicted octanol–water partition coefficient (Wildman–Crippen LogP) is -0.0831. The summed E-state index contributed by atoms with van der Waals surface area (Å²) in [6.45, 7) is 4.54. The van der Waals surface area contributed by atoms with Gasteiger partial charge < -0.3 is 10.5 Å². The molecule has 0 aliphatic carbocycles. The molecule has 2 N–H and O–H groups in total. The number of hydrogen-bond donors (Lipinski definition) is 2. The molecule has 0 saturated heterocycles. The fourth-order valence-electron chi connectivity index (χ4n) is 0.418. The van der Waals surface area contributed by atoms with E-state index < -0.39 is 0 Å². The molecule has 0 aliphatic heterocycles. The first kappa shape index (κ1) is 7.88. The number of rotatable bonds is 4. The van der Waals surface area contributed by atoms with Crippen LogP contribution in [0.1, 0.15) is 6.92 Å². The van der Waals surface area contributed by atoms with Gasteiger partial charge in [0.2, 0.25) is 0 Å². The molecule has 50 valence electrons. The zero-order valence-electron chi connectivity index (χ0n) is 5.52. The predicted molar refractivity (Wildman–Crippen MR) is 33.0 cm³/mol. The summed E-state index contributed by atoms with van der Waals surface area (Å²) in [5.41, 5.74) is 0. The Balaban J connectivity index is 2.72. The maximum atomic E-state index is 8.57. The Labute approximate surface area is 50.3 Å². The van der Waals surface area contributed by atoms with Crippen molar-refractivity contribution < 1.29 is 5.21 Å². The van der Waals surface area contributed by atoms with E-state index in [1.165, 1.54) is 5.06 Å². The number of likely N-dealkylation sites (N-methyl/N-ethyl adjacent to an activating group) is 2. The van der Waals surface area contributed by atoms with E-state index in [1.54, 1.807) is 7.05 Å². The van der Waals surface area contributed by atoms with Gasteiger partial charge in [0.1, 0.15) is 0 Å². The van der Waals surface area contributed by atoms with Crippen LogP contribution in [0.3, 0.4) is 0 Å². The highest BCUT2D eigenvalue weighted by atomic mass is 16.5. The molecule has 0 aromatic heterocycles. The molecule has 0 atom stereocenters. The number of nitrogens with zero attached hydrogens (tertiary/aromatic N) is 1. The zero-order chi connectivity index (χ0) is 6.41. The quantitative estimate of drug-likeness (QED) is 0.400. The molecule has 0 radical (unpaired) electrons.